The Morgan fingerprint density at radius 1 is 1.26 bits per heavy atom. The Morgan fingerprint density at radius 2 is 2.00 bits per heavy atom. The van der Waals surface area contributed by atoms with E-state index in [1.54, 1.807) is 12.1 Å². The lowest BCUT2D eigenvalue weighted by Crippen LogP contribution is -2.57. The fourth-order valence-corrected chi connectivity index (χ4v) is 2.63. The van der Waals surface area contributed by atoms with Crippen LogP contribution in [-0.4, -0.2) is 23.4 Å². The molecule has 0 aromatic carbocycles. The second kappa shape index (κ2) is 4.72. The minimum Gasteiger partial charge on any atom is -0.459 e. The first kappa shape index (κ1) is 12.3. The Kier molecular flexibility index (Phi) is 3.05. The molecule has 102 valence electrons. The zero-order chi connectivity index (χ0) is 13.3. The topological polar surface area (TPSA) is 71.3 Å². The van der Waals surface area contributed by atoms with Crippen molar-refractivity contribution in [2.75, 3.05) is 0 Å². The van der Waals surface area contributed by atoms with Gasteiger partial charge in [0.2, 0.25) is 5.91 Å². The summed E-state index contributed by atoms with van der Waals surface area (Å²) in [7, 11) is 0. The predicted octanol–water partition coefficient (Wildman–Crippen LogP) is 1.60. The van der Waals surface area contributed by atoms with Crippen molar-refractivity contribution < 1.29 is 14.0 Å². The smallest absolute Gasteiger partial charge is 0.287 e. The van der Waals surface area contributed by atoms with Crippen LogP contribution >= 0.6 is 0 Å². The molecule has 2 aliphatic carbocycles. The van der Waals surface area contributed by atoms with Gasteiger partial charge in [0.05, 0.1) is 6.26 Å². The van der Waals surface area contributed by atoms with Crippen molar-refractivity contribution in [2.45, 2.75) is 50.1 Å². The number of carbonyl (C=O) groups excluding carboxylic acids is 2. The first-order chi connectivity index (χ1) is 9.20. The first-order valence-corrected chi connectivity index (χ1v) is 6.87. The highest BCUT2D eigenvalue weighted by atomic mass is 16.3. The largest absolute Gasteiger partial charge is 0.459 e. The summed E-state index contributed by atoms with van der Waals surface area (Å²) in [5.74, 6) is -0.0873. The van der Waals surface area contributed by atoms with E-state index in [4.69, 9.17) is 4.42 Å². The molecule has 2 aliphatic rings. The van der Waals surface area contributed by atoms with Gasteiger partial charge in [0.15, 0.2) is 5.76 Å². The predicted molar refractivity (Wildman–Crippen MR) is 68.5 cm³/mol. The van der Waals surface area contributed by atoms with Crippen molar-refractivity contribution in [3.8, 4) is 0 Å². The van der Waals surface area contributed by atoms with Gasteiger partial charge in [-0.15, -0.1) is 0 Å². The number of amides is 2. The van der Waals surface area contributed by atoms with Gasteiger partial charge in [-0.05, 0) is 37.8 Å². The standard InChI is InChI=1S/C14H18N2O3/c17-12(11-4-3-9-19-11)16-14(7-1-2-8-14)13(18)15-10-5-6-10/h3-4,9-10H,1-2,5-8H2,(H,15,18)(H,16,17). The van der Waals surface area contributed by atoms with Crippen molar-refractivity contribution in [3.05, 3.63) is 24.2 Å². The number of rotatable bonds is 4. The number of nitrogens with one attached hydrogen (secondary N) is 2. The van der Waals surface area contributed by atoms with Crippen molar-refractivity contribution in [1.82, 2.24) is 10.6 Å². The third-order valence-electron chi connectivity index (χ3n) is 3.90. The van der Waals surface area contributed by atoms with E-state index in [0.29, 0.717) is 18.9 Å². The average molecular weight is 262 g/mol. The maximum Gasteiger partial charge on any atom is 0.287 e. The van der Waals surface area contributed by atoms with Gasteiger partial charge in [0.1, 0.15) is 5.54 Å². The third kappa shape index (κ3) is 2.50. The Balaban J connectivity index is 1.72. The van der Waals surface area contributed by atoms with Crippen LogP contribution < -0.4 is 10.6 Å². The molecule has 1 aromatic heterocycles. The zero-order valence-electron chi connectivity index (χ0n) is 10.8. The molecule has 5 heteroatoms. The number of hydrogen-bond acceptors (Lipinski definition) is 3. The lowest BCUT2D eigenvalue weighted by Gasteiger charge is -2.28. The van der Waals surface area contributed by atoms with Crippen LogP contribution in [0.5, 0.6) is 0 Å². The minimum absolute atomic E-state index is 0.0348. The normalized spacial score (nSPS) is 21.1. The van der Waals surface area contributed by atoms with Gasteiger partial charge in [-0.2, -0.15) is 0 Å². The van der Waals surface area contributed by atoms with Gasteiger partial charge in [-0.25, -0.2) is 0 Å². The summed E-state index contributed by atoms with van der Waals surface area (Å²) in [6.45, 7) is 0. The van der Waals surface area contributed by atoms with Crippen LogP contribution in [0.25, 0.3) is 0 Å². The molecular weight excluding hydrogens is 244 g/mol. The highest BCUT2D eigenvalue weighted by molar-refractivity contribution is 5.97. The van der Waals surface area contributed by atoms with Gasteiger partial charge < -0.3 is 15.1 Å². The Bertz CT molecular complexity index is 471. The van der Waals surface area contributed by atoms with Crippen molar-refractivity contribution >= 4 is 11.8 Å². The zero-order valence-corrected chi connectivity index (χ0v) is 10.8. The van der Waals surface area contributed by atoms with E-state index in [-0.39, 0.29) is 17.6 Å². The molecule has 0 aliphatic heterocycles. The molecule has 0 spiro atoms. The Labute approximate surface area is 111 Å². The summed E-state index contributed by atoms with van der Waals surface area (Å²) < 4.78 is 5.08. The summed E-state index contributed by atoms with van der Waals surface area (Å²) in [6, 6.07) is 3.59. The summed E-state index contributed by atoms with van der Waals surface area (Å²) in [5.41, 5.74) is -0.744. The number of hydrogen-bond donors (Lipinski definition) is 2. The van der Waals surface area contributed by atoms with Crippen LogP contribution in [0.3, 0.4) is 0 Å². The van der Waals surface area contributed by atoms with Crippen LogP contribution in [0, 0.1) is 0 Å². The van der Waals surface area contributed by atoms with Crippen LogP contribution in [0.2, 0.25) is 0 Å². The minimum atomic E-state index is -0.744. The molecule has 19 heavy (non-hydrogen) atoms. The summed E-state index contributed by atoms with van der Waals surface area (Å²) >= 11 is 0. The lowest BCUT2D eigenvalue weighted by atomic mass is 9.96. The maximum atomic E-state index is 12.4. The van der Waals surface area contributed by atoms with Crippen LogP contribution in [0.4, 0.5) is 0 Å². The van der Waals surface area contributed by atoms with Crippen molar-refractivity contribution in [1.29, 1.82) is 0 Å². The molecule has 2 amide bonds. The second-order valence-electron chi connectivity index (χ2n) is 5.47. The summed E-state index contributed by atoms with van der Waals surface area (Å²) in [4.78, 5) is 24.5. The summed E-state index contributed by atoms with van der Waals surface area (Å²) in [5, 5.41) is 5.89. The molecule has 0 radical (unpaired) electrons. The molecule has 2 saturated carbocycles. The van der Waals surface area contributed by atoms with Crippen molar-refractivity contribution in [2.24, 2.45) is 0 Å². The Hall–Kier alpha value is -1.78. The third-order valence-corrected chi connectivity index (χ3v) is 3.90. The fourth-order valence-electron chi connectivity index (χ4n) is 2.63. The van der Waals surface area contributed by atoms with Crippen molar-refractivity contribution in [3.63, 3.8) is 0 Å². The molecule has 0 saturated heterocycles. The van der Waals surface area contributed by atoms with E-state index in [0.717, 1.165) is 25.7 Å². The van der Waals surface area contributed by atoms with E-state index in [2.05, 4.69) is 10.6 Å². The van der Waals surface area contributed by atoms with Gasteiger partial charge in [-0.3, -0.25) is 9.59 Å². The summed E-state index contributed by atoms with van der Waals surface area (Å²) in [6.07, 6.45) is 6.91. The SMILES string of the molecule is O=C(NC1(C(=O)NC2CC2)CCCC1)c1ccco1. The lowest BCUT2D eigenvalue weighted by molar-refractivity contribution is -0.127. The van der Waals surface area contributed by atoms with Gasteiger partial charge >= 0.3 is 0 Å². The van der Waals surface area contributed by atoms with E-state index in [1.165, 1.54) is 6.26 Å². The van der Waals surface area contributed by atoms with Gasteiger partial charge in [0, 0.05) is 6.04 Å². The molecule has 0 unspecified atom stereocenters. The molecule has 0 bridgehead atoms. The molecule has 2 N–H and O–H groups in total. The van der Waals surface area contributed by atoms with E-state index in [9.17, 15) is 9.59 Å². The molecule has 1 aromatic rings. The average Bonchev–Trinajstić information content (AvgIpc) is 2.91. The van der Waals surface area contributed by atoms with Crippen LogP contribution in [0.15, 0.2) is 22.8 Å². The van der Waals surface area contributed by atoms with Crippen LogP contribution in [-0.2, 0) is 4.79 Å². The van der Waals surface area contributed by atoms with Gasteiger partial charge in [0.25, 0.3) is 5.91 Å². The number of furan rings is 1. The molecular formula is C14H18N2O3. The molecule has 1 heterocycles. The molecule has 2 fully saturated rings. The molecule has 3 rings (SSSR count). The second-order valence-corrected chi connectivity index (χ2v) is 5.47. The van der Waals surface area contributed by atoms with E-state index >= 15 is 0 Å². The Morgan fingerprint density at radius 3 is 2.58 bits per heavy atom. The quantitative estimate of drug-likeness (QED) is 0.865. The van der Waals surface area contributed by atoms with E-state index in [1.807, 2.05) is 0 Å². The highest BCUT2D eigenvalue weighted by Gasteiger charge is 2.44. The highest BCUT2D eigenvalue weighted by Crippen LogP contribution is 2.31. The monoisotopic (exact) mass is 262 g/mol. The van der Waals surface area contributed by atoms with E-state index < -0.39 is 5.54 Å². The first-order valence-electron chi connectivity index (χ1n) is 6.87. The molecule has 0 atom stereocenters. The number of carbonyl (C=O) groups is 2. The van der Waals surface area contributed by atoms with Gasteiger partial charge in [-0.1, -0.05) is 12.8 Å². The molecule has 5 nitrogen and oxygen atoms in total. The fraction of sp³-hybridized carbons (Fsp3) is 0.571. The van der Waals surface area contributed by atoms with Crippen LogP contribution in [0.1, 0.15) is 49.1 Å². The maximum absolute atomic E-state index is 12.4.